The monoisotopic (exact) mass is 148 g/mol. The summed E-state index contributed by atoms with van der Waals surface area (Å²) in [6.07, 6.45) is 0.648. The van der Waals surface area contributed by atoms with Gasteiger partial charge in [0, 0.05) is 6.42 Å². The molecule has 2 unspecified atom stereocenters. The third-order valence-corrected chi connectivity index (χ3v) is 1.38. The van der Waals surface area contributed by atoms with E-state index < -0.39 is 12.2 Å². The summed E-state index contributed by atoms with van der Waals surface area (Å²) in [4.78, 5) is 0. The topological polar surface area (TPSA) is 60.7 Å². The smallest absolute Gasteiger partial charge is 0.0795 e. The molecule has 0 bridgehead atoms. The molecule has 0 aromatic heterocycles. The van der Waals surface area contributed by atoms with Crippen LogP contribution in [0, 0.1) is 0 Å². The van der Waals surface area contributed by atoms with Gasteiger partial charge in [-0.05, 0) is 6.42 Å². The Hall–Kier alpha value is -0.120. The lowest BCUT2D eigenvalue weighted by atomic mass is 10.1. The Morgan fingerprint density at radius 3 is 2.20 bits per heavy atom. The summed E-state index contributed by atoms with van der Waals surface area (Å²) >= 11 is 0. The first kappa shape index (κ1) is 9.88. The van der Waals surface area contributed by atoms with Gasteiger partial charge in [-0.3, -0.25) is 0 Å². The zero-order valence-corrected chi connectivity index (χ0v) is 6.32. The van der Waals surface area contributed by atoms with Crippen LogP contribution in [0.3, 0.4) is 0 Å². The Labute approximate surface area is 61.3 Å². The molecule has 0 aliphatic heterocycles. The van der Waals surface area contributed by atoms with Gasteiger partial charge in [-0.2, -0.15) is 0 Å². The zero-order chi connectivity index (χ0) is 7.98. The lowest BCUT2D eigenvalue weighted by molar-refractivity contribution is 0.0387. The first-order chi connectivity index (χ1) is 4.70. The molecule has 0 saturated carbocycles. The van der Waals surface area contributed by atoms with E-state index in [-0.39, 0.29) is 13.0 Å². The summed E-state index contributed by atoms with van der Waals surface area (Å²) in [7, 11) is 0. The van der Waals surface area contributed by atoms with E-state index in [4.69, 9.17) is 15.3 Å². The van der Waals surface area contributed by atoms with Crippen molar-refractivity contribution in [1.82, 2.24) is 0 Å². The van der Waals surface area contributed by atoms with Crippen LogP contribution in [-0.4, -0.2) is 34.1 Å². The van der Waals surface area contributed by atoms with Gasteiger partial charge in [-0.15, -0.1) is 0 Å². The van der Waals surface area contributed by atoms with E-state index in [2.05, 4.69) is 0 Å². The molecule has 0 saturated heterocycles. The quantitative estimate of drug-likeness (QED) is 0.510. The van der Waals surface area contributed by atoms with E-state index in [0.717, 1.165) is 6.42 Å². The molecule has 0 aromatic rings. The Morgan fingerprint density at radius 1 is 1.20 bits per heavy atom. The average Bonchev–Trinajstić information content (AvgIpc) is 1.88. The second-order valence-electron chi connectivity index (χ2n) is 2.51. The first-order valence-electron chi connectivity index (χ1n) is 3.67. The van der Waals surface area contributed by atoms with Crippen LogP contribution in [0.25, 0.3) is 0 Å². The molecule has 0 aliphatic carbocycles. The van der Waals surface area contributed by atoms with Crippen LogP contribution in [0.2, 0.25) is 0 Å². The van der Waals surface area contributed by atoms with Crippen molar-refractivity contribution in [2.45, 2.75) is 38.4 Å². The van der Waals surface area contributed by atoms with Gasteiger partial charge in [-0.1, -0.05) is 13.3 Å². The van der Waals surface area contributed by atoms with Crippen molar-refractivity contribution in [3.05, 3.63) is 0 Å². The molecule has 0 radical (unpaired) electrons. The molecule has 10 heavy (non-hydrogen) atoms. The van der Waals surface area contributed by atoms with Crippen molar-refractivity contribution < 1.29 is 15.3 Å². The molecule has 3 heteroatoms. The predicted octanol–water partition coefficient (Wildman–Crippen LogP) is -0.109. The highest BCUT2D eigenvalue weighted by Gasteiger charge is 2.08. The van der Waals surface area contributed by atoms with Crippen molar-refractivity contribution >= 4 is 0 Å². The fraction of sp³-hybridized carbons (Fsp3) is 1.00. The molecule has 0 spiro atoms. The zero-order valence-electron chi connectivity index (χ0n) is 6.32. The molecule has 0 fully saturated rings. The van der Waals surface area contributed by atoms with Gasteiger partial charge in [0.15, 0.2) is 0 Å². The number of hydrogen-bond donors (Lipinski definition) is 3. The Morgan fingerprint density at radius 2 is 1.80 bits per heavy atom. The normalized spacial score (nSPS) is 16.8. The van der Waals surface area contributed by atoms with Crippen molar-refractivity contribution in [3.8, 4) is 0 Å². The van der Waals surface area contributed by atoms with Gasteiger partial charge in [0.25, 0.3) is 0 Å². The fourth-order valence-corrected chi connectivity index (χ4v) is 0.840. The second kappa shape index (κ2) is 5.65. The van der Waals surface area contributed by atoms with Crippen molar-refractivity contribution in [2.24, 2.45) is 0 Å². The minimum atomic E-state index is -0.762. The lowest BCUT2D eigenvalue weighted by Gasteiger charge is -2.11. The standard InChI is InChI=1S/C7H16O3/c1-2-3-6(9)4-7(10)5-8/h6-10H,2-5H2,1H3. The van der Waals surface area contributed by atoms with Crippen LogP contribution in [0.5, 0.6) is 0 Å². The fourth-order valence-electron chi connectivity index (χ4n) is 0.840. The average molecular weight is 148 g/mol. The molecule has 0 aliphatic rings. The van der Waals surface area contributed by atoms with E-state index in [1.54, 1.807) is 0 Å². The van der Waals surface area contributed by atoms with Crippen LogP contribution in [0.1, 0.15) is 26.2 Å². The van der Waals surface area contributed by atoms with E-state index in [0.29, 0.717) is 6.42 Å². The van der Waals surface area contributed by atoms with E-state index >= 15 is 0 Å². The third kappa shape index (κ3) is 4.73. The maximum atomic E-state index is 9.08. The van der Waals surface area contributed by atoms with E-state index in [1.807, 2.05) is 6.92 Å². The third-order valence-electron chi connectivity index (χ3n) is 1.38. The largest absolute Gasteiger partial charge is 0.394 e. The molecule has 62 valence electrons. The number of rotatable bonds is 5. The summed E-state index contributed by atoms with van der Waals surface area (Å²) in [5.74, 6) is 0. The van der Waals surface area contributed by atoms with Gasteiger partial charge in [0.05, 0.1) is 18.8 Å². The number of aliphatic hydroxyl groups excluding tert-OH is 3. The SMILES string of the molecule is CCCC(O)CC(O)CO. The molecular formula is C7H16O3. The van der Waals surface area contributed by atoms with Crippen LogP contribution in [0.4, 0.5) is 0 Å². The highest BCUT2D eigenvalue weighted by Crippen LogP contribution is 2.03. The van der Waals surface area contributed by atoms with Crippen LogP contribution in [0.15, 0.2) is 0 Å². The minimum Gasteiger partial charge on any atom is -0.394 e. The van der Waals surface area contributed by atoms with E-state index in [9.17, 15) is 0 Å². The van der Waals surface area contributed by atoms with Gasteiger partial charge < -0.3 is 15.3 Å². The molecule has 0 rings (SSSR count). The Bertz CT molecular complexity index is 75.3. The minimum absolute atomic E-state index is 0.263. The maximum Gasteiger partial charge on any atom is 0.0795 e. The molecule has 0 amide bonds. The van der Waals surface area contributed by atoms with Crippen LogP contribution in [-0.2, 0) is 0 Å². The van der Waals surface area contributed by atoms with Crippen molar-refractivity contribution in [3.63, 3.8) is 0 Å². The molecule has 3 N–H and O–H groups in total. The summed E-state index contributed by atoms with van der Waals surface area (Å²) < 4.78 is 0. The summed E-state index contributed by atoms with van der Waals surface area (Å²) in [6, 6.07) is 0. The van der Waals surface area contributed by atoms with Gasteiger partial charge >= 0.3 is 0 Å². The predicted molar refractivity (Wildman–Crippen MR) is 38.6 cm³/mol. The number of hydrogen-bond acceptors (Lipinski definition) is 3. The molecular weight excluding hydrogens is 132 g/mol. The summed E-state index contributed by atoms with van der Waals surface area (Å²) in [6.45, 7) is 1.70. The molecule has 0 heterocycles. The van der Waals surface area contributed by atoms with Crippen molar-refractivity contribution in [2.75, 3.05) is 6.61 Å². The van der Waals surface area contributed by atoms with Gasteiger partial charge in [0.1, 0.15) is 0 Å². The van der Waals surface area contributed by atoms with E-state index in [1.165, 1.54) is 0 Å². The van der Waals surface area contributed by atoms with Crippen molar-refractivity contribution in [1.29, 1.82) is 0 Å². The maximum absolute atomic E-state index is 9.08. The van der Waals surface area contributed by atoms with Gasteiger partial charge in [0.2, 0.25) is 0 Å². The number of aliphatic hydroxyl groups is 3. The molecule has 0 aromatic carbocycles. The highest BCUT2D eigenvalue weighted by molar-refractivity contribution is 4.61. The molecule has 3 nitrogen and oxygen atoms in total. The Balaban J connectivity index is 3.27. The van der Waals surface area contributed by atoms with Crippen LogP contribution >= 0.6 is 0 Å². The van der Waals surface area contributed by atoms with Gasteiger partial charge in [-0.25, -0.2) is 0 Å². The lowest BCUT2D eigenvalue weighted by Crippen LogP contribution is -2.20. The summed E-state index contributed by atoms with van der Waals surface area (Å²) in [5, 5.41) is 26.3. The summed E-state index contributed by atoms with van der Waals surface area (Å²) in [5.41, 5.74) is 0. The Kier molecular flexibility index (Phi) is 5.58. The van der Waals surface area contributed by atoms with Crippen LogP contribution < -0.4 is 0 Å². The second-order valence-corrected chi connectivity index (χ2v) is 2.51. The highest BCUT2D eigenvalue weighted by atomic mass is 16.3. The first-order valence-corrected chi connectivity index (χ1v) is 3.67. The molecule has 2 atom stereocenters.